The summed E-state index contributed by atoms with van der Waals surface area (Å²) in [5.74, 6) is 0.483. The molecule has 4 rings (SSSR count). The van der Waals surface area contributed by atoms with Crippen molar-refractivity contribution in [2.75, 3.05) is 25.5 Å². The van der Waals surface area contributed by atoms with Gasteiger partial charge in [0.2, 0.25) is 10.0 Å². The topological polar surface area (TPSA) is 114 Å². The number of sulfonamides is 1. The largest absolute Gasteiger partial charge is 0.351 e. The van der Waals surface area contributed by atoms with Crippen molar-refractivity contribution in [1.29, 1.82) is 0 Å². The Hall–Kier alpha value is -3.31. The SMILES string of the molecule is CN(C)S(=O)(=O)c1ccc2c(c1)CCN2Cn1cnc(-c2ccc([N+](=O)[O-])cc2)n1. The number of fused-ring (bicyclic) bond motifs is 1. The first-order valence-electron chi connectivity index (χ1n) is 9.20. The summed E-state index contributed by atoms with van der Waals surface area (Å²) < 4.78 is 27.6. The van der Waals surface area contributed by atoms with Crippen LogP contribution < -0.4 is 4.90 Å². The smallest absolute Gasteiger partial charge is 0.269 e. The number of rotatable bonds is 6. The second-order valence-corrected chi connectivity index (χ2v) is 9.30. The lowest BCUT2D eigenvalue weighted by molar-refractivity contribution is -0.384. The minimum Gasteiger partial charge on any atom is -0.351 e. The highest BCUT2D eigenvalue weighted by Gasteiger charge is 2.24. The third-order valence-corrected chi connectivity index (χ3v) is 6.82. The molecule has 10 nitrogen and oxygen atoms in total. The molecule has 1 aromatic heterocycles. The molecular formula is C19H20N6O4S. The van der Waals surface area contributed by atoms with Crippen molar-refractivity contribution in [3.8, 4) is 11.4 Å². The van der Waals surface area contributed by atoms with Crippen molar-refractivity contribution in [2.24, 2.45) is 0 Å². The van der Waals surface area contributed by atoms with E-state index in [0.29, 0.717) is 18.1 Å². The van der Waals surface area contributed by atoms with E-state index in [9.17, 15) is 18.5 Å². The summed E-state index contributed by atoms with van der Waals surface area (Å²) in [4.78, 5) is 17.0. The first-order valence-corrected chi connectivity index (χ1v) is 10.6. The Morgan fingerprint density at radius 3 is 2.57 bits per heavy atom. The fourth-order valence-electron chi connectivity index (χ4n) is 3.37. The monoisotopic (exact) mass is 428 g/mol. The van der Waals surface area contributed by atoms with Crippen LogP contribution in [0.4, 0.5) is 11.4 Å². The molecule has 0 aliphatic carbocycles. The van der Waals surface area contributed by atoms with Crippen LogP contribution in [0.5, 0.6) is 0 Å². The molecule has 11 heteroatoms. The number of non-ortho nitro benzene ring substituents is 1. The van der Waals surface area contributed by atoms with Gasteiger partial charge in [0.05, 0.1) is 9.82 Å². The Balaban J connectivity index is 1.52. The molecule has 0 bridgehead atoms. The Bertz CT molecular complexity index is 1200. The van der Waals surface area contributed by atoms with Gasteiger partial charge < -0.3 is 4.90 Å². The first kappa shape index (κ1) is 20.0. The van der Waals surface area contributed by atoms with Gasteiger partial charge in [0.15, 0.2) is 5.82 Å². The maximum absolute atomic E-state index is 12.4. The number of aromatic nitrogens is 3. The van der Waals surface area contributed by atoms with Crippen molar-refractivity contribution in [2.45, 2.75) is 18.0 Å². The van der Waals surface area contributed by atoms with E-state index in [4.69, 9.17) is 0 Å². The van der Waals surface area contributed by atoms with Crippen LogP contribution in [-0.4, -0.2) is 53.1 Å². The van der Waals surface area contributed by atoms with Gasteiger partial charge in [0, 0.05) is 44.0 Å². The summed E-state index contributed by atoms with van der Waals surface area (Å²) in [6.45, 7) is 1.21. The molecular weight excluding hydrogens is 408 g/mol. The van der Waals surface area contributed by atoms with Gasteiger partial charge in [0.1, 0.15) is 13.0 Å². The van der Waals surface area contributed by atoms with E-state index in [0.717, 1.165) is 24.2 Å². The van der Waals surface area contributed by atoms with Crippen LogP contribution in [0.2, 0.25) is 0 Å². The zero-order chi connectivity index (χ0) is 21.5. The lowest BCUT2D eigenvalue weighted by Crippen LogP contribution is -2.24. The standard InChI is InChI=1S/C19H20N6O4S/c1-22(2)30(28,29)17-7-8-18-15(11-17)9-10-23(18)13-24-12-20-19(21-24)14-3-5-16(6-4-14)25(26)27/h3-8,11-12H,9-10,13H2,1-2H3. The molecule has 0 saturated heterocycles. The van der Waals surface area contributed by atoms with Gasteiger partial charge in [-0.25, -0.2) is 22.4 Å². The predicted molar refractivity (Wildman–Crippen MR) is 110 cm³/mol. The first-order chi connectivity index (χ1) is 14.3. The summed E-state index contributed by atoms with van der Waals surface area (Å²) >= 11 is 0. The zero-order valence-corrected chi connectivity index (χ0v) is 17.3. The average Bonchev–Trinajstić information content (AvgIpc) is 3.35. The molecule has 1 aliphatic heterocycles. The van der Waals surface area contributed by atoms with Gasteiger partial charge >= 0.3 is 0 Å². The average molecular weight is 428 g/mol. The van der Waals surface area contributed by atoms with Gasteiger partial charge in [-0.05, 0) is 42.3 Å². The lowest BCUT2D eigenvalue weighted by atomic mass is 10.2. The highest BCUT2D eigenvalue weighted by Crippen LogP contribution is 2.31. The number of hydrogen-bond donors (Lipinski definition) is 0. The fraction of sp³-hybridized carbons (Fsp3) is 0.263. The molecule has 0 spiro atoms. The molecule has 3 aromatic rings. The molecule has 0 amide bonds. The van der Waals surface area contributed by atoms with Crippen LogP contribution in [-0.2, 0) is 23.1 Å². The number of hydrogen-bond acceptors (Lipinski definition) is 7. The second-order valence-electron chi connectivity index (χ2n) is 7.14. The maximum atomic E-state index is 12.4. The maximum Gasteiger partial charge on any atom is 0.269 e. The van der Waals surface area contributed by atoms with Crippen molar-refractivity contribution in [3.63, 3.8) is 0 Å². The molecule has 1 aliphatic rings. The van der Waals surface area contributed by atoms with Crippen LogP contribution in [0, 0.1) is 10.1 Å². The highest BCUT2D eigenvalue weighted by molar-refractivity contribution is 7.89. The van der Waals surface area contributed by atoms with Gasteiger partial charge in [-0.1, -0.05) is 0 Å². The highest BCUT2D eigenvalue weighted by atomic mass is 32.2. The van der Waals surface area contributed by atoms with Crippen LogP contribution in [0.15, 0.2) is 53.7 Å². The van der Waals surface area contributed by atoms with E-state index in [2.05, 4.69) is 15.0 Å². The van der Waals surface area contributed by atoms with Gasteiger partial charge in [-0.3, -0.25) is 10.1 Å². The molecule has 2 aromatic carbocycles. The van der Waals surface area contributed by atoms with Crippen LogP contribution in [0.25, 0.3) is 11.4 Å². The number of benzene rings is 2. The molecule has 2 heterocycles. The summed E-state index contributed by atoms with van der Waals surface area (Å²) in [7, 11) is -0.434. The van der Waals surface area contributed by atoms with Crippen LogP contribution in [0.1, 0.15) is 5.56 Å². The number of nitro benzene ring substituents is 1. The lowest BCUT2D eigenvalue weighted by Gasteiger charge is -2.19. The molecule has 156 valence electrons. The third-order valence-electron chi connectivity index (χ3n) is 5.01. The minimum absolute atomic E-state index is 0.0162. The van der Waals surface area contributed by atoms with Crippen LogP contribution in [0.3, 0.4) is 0 Å². The predicted octanol–water partition coefficient (Wildman–Crippen LogP) is 2.12. The van der Waals surface area contributed by atoms with Crippen molar-refractivity contribution < 1.29 is 13.3 Å². The normalized spacial score (nSPS) is 13.6. The molecule has 0 fully saturated rings. The molecule has 0 atom stereocenters. The van der Waals surface area contributed by atoms with Crippen molar-refractivity contribution in [1.82, 2.24) is 19.1 Å². The van der Waals surface area contributed by atoms with Gasteiger partial charge in [-0.15, -0.1) is 5.10 Å². The summed E-state index contributed by atoms with van der Waals surface area (Å²) in [6, 6.07) is 11.3. The summed E-state index contributed by atoms with van der Waals surface area (Å²) in [6.07, 6.45) is 2.36. The van der Waals surface area contributed by atoms with Crippen molar-refractivity contribution in [3.05, 3.63) is 64.5 Å². The Kier molecular flexibility index (Phi) is 5.00. The Labute approximate surface area is 173 Å². The Morgan fingerprint density at radius 2 is 1.90 bits per heavy atom. The number of nitro groups is 1. The van der Waals surface area contributed by atoms with Crippen LogP contribution >= 0.6 is 0 Å². The molecule has 0 saturated carbocycles. The van der Waals surface area contributed by atoms with E-state index in [1.807, 2.05) is 6.07 Å². The summed E-state index contributed by atoms with van der Waals surface area (Å²) in [5.41, 5.74) is 2.66. The zero-order valence-electron chi connectivity index (χ0n) is 16.5. The molecule has 0 radical (unpaired) electrons. The minimum atomic E-state index is -3.47. The van der Waals surface area contributed by atoms with E-state index < -0.39 is 14.9 Å². The number of anilines is 1. The summed E-state index contributed by atoms with van der Waals surface area (Å²) in [5, 5.41) is 15.2. The number of nitrogens with zero attached hydrogens (tertiary/aromatic N) is 6. The van der Waals surface area contributed by atoms with E-state index >= 15 is 0 Å². The quantitative estimate of drug-likeness (QED) is 0.436. The molecule has 0 N–H and O–H groups in total. The van der Waals surface area contributed by atoms with Gasteiger partial charge in [-0.2, -0.15) is 0 Å². The van der Waals surface area contributed by atoms with E-state index in [1.165, 1.54) is 30.5 Å². The van der Waals surface area contributed by atoms with E-state index in [-0.39, 0.29) is 10.6 Å². The fourth-order valence-corrected chi connectivity index (χ4v) is 4.32. The van der Waals surface area contributed by atoms with Gasteiger partial charge in [0.25, 0.3) is 5.69 Å². The Morgan fingerprint density at radius 1 is 1.17 bits per heavy atom. The molecule has 30 heavy (non-hydrogen) atoms. The van der Waals surface area contributed by atoms with E-state index in [1.54, 1.807) is 35.3 Å². The molecule has 0 unspecified atom stereocenters. The second kappa shape index (κ2) is 7.50. The third kappa shape index (κ3) is 3.64. The van der Waals surface area contributed by atoms with Crippen molar-refractivity contribution >= 4 is 21.4 Å².